The Kier molecular flexibility index (Phi) is 3.32. The number of benzene rings is 1. The summed E-state index contributed by atoms with van der Waals surface area (Å²) < 4.78 is 0. The second-order valence-corrected chi connectivity index (χ2v) is 3.27. The summed E-state index contributed by atoms with van der Waals surface area (Å²) in [5.41, 5.74) is 10.9. The molecule has 0 bridgehead atoms. The quantitative estimate of drug-likeness (QED) is 0.405. The standard InChI is InChI=1S/C11H12N2O/c1-8-4-3-5-10(6-8)7-11(13-12)9(2)14/h3-6H,7H2,1-2H3. The highest BCUT2D eigenvalue weighted by Crippen LogP contribution is 2.05. The molecule has 0 aliphatic carbocycles. The Bertz CT molecular complexity index is 404. The summed E-state index contributed by atoms with van der Waals surface area (Å²) in [5.74, 6) is -0.200. The third-order valence-electron chi connectivity index (χ3n) is 1.98. The maximum atomic E-state index is 11.0. The van der Waals surface area contributed by atoms with Gasteiger partial charge in [-0.3, -0.25) is 4.79 Å². The second kappa shape index (κ2) is 4.49. The van der Waals surface area contributed by atoms with Gasteiger partial charge in [0, 0.05) is 6.92 Å². The molecule has 0 atom stereocenters. The Morgan fingerprint density at radius 3 is 2.71 bits per heavy atom. The fraction of sp³-hybridized carbons (Fsp3) is 0.273. The first-order chi connectivity index (χ1) is 6.63. The van der Waals surface area contributed by atoms with Gasteiger partial charge in [0.05, 0.1) is 6.42 Å². The number of hydrogen-bond donors (Lipinski definition) is 0. The van der Waals surface area contributed by atoms with E-state index in [0.29, 0.717) is 6.42 Å². The van der Waals surface area contributed by atoms with E-state index in [0.717, 1.165) is 11.1 Å². The number of ketones is 1. The van der Waals surface area contributed by atoms with Crippen LogP contribution in [0.15, 0.2) is 24.3 Å². The molecule has 3 nitrogen and oxygen atoms in total. The minimum absolute atomic E-state index is 0.190. The SMILES string of the molecule is CC(=O)C(Cc1cccc(C)c1)=[N+]=[N-]. The van der Waals surface area contributed by atoms with E-state index in [2.05, 4.69) is 4.79 Å². The number of Topliss-reactive ketones (excluding diaryl/α,β-unsaturated/α-hetero) is 1. The van der Waals surface area contributed by atoms with Crippen molar-refractivity contribution in [3.05, 3.63) is 40.9 Å². The zero-order valence-electron chi connectivity index (χ0n) is 8.32. The number of rotatable bonds is 3. The van der Waals surface area contributed by atoms with Gasteiger partial charge in [-0.1, -0.05) is 29.8 Å². The molecule has 0 radical (unpaired) electrons. The highest BCUT2D eigenvalue weighted by molar-refractivity contribution is 6.36. The van der Waals surface area contributed by atoms with Crippen molar-refractivity contribution >= 4 is 11.5 Å². The lowest BCUT2D eigenvalue weighted by atomic mass is 10.0. The van der Waals surface area contributed by atoms with E-state index in [1.54, 1.807) is 0 Å². The van der Waals surface area contributed by atoms with Crippen molar-refractivity contribution in [3.63, 3.8) is 0 Å². The normalized spacial score (nSPS) is 9.29. The van der Waals surface area contributed by atoms with Crippen molar-refractivity contribution in [3.8, 4) is 0 Å². The Morgan fingerprint density at radius 2 is 2.21 bits per heavy atom. The number of carbonyl (C=O) groups excluding carboxylic acids is 1. The number of nitrogens with zero attached hydrogens (tertiary/aromatic N) is 2. The van der Waals surface area contributed by atoms with E-state index in [9.17, 15) is 4.79 Å². The van der Waals surface area contributed by atoms with Crippen molar-refractivity contribution in [2.24, 2.45) is 0 Å². The summed E-state index contributed by atoms with van der Waals surface area (Å²) in [6, 6.07) is 7.77. The molecule has 0 amide bonds. The lowest BCUT2D eigenvalue weighted by Gasteiger charge is -1.97. The predicted molar refractivity (Wildman–Crippen MR) is 54.2 cm³/mol. The van der Waals surface area contributed by atoms with Crippen molar-refractivity contribution in [2.45, 2.75) is 20.3 Å². The molecule has 72 valence electrons. The summed E-state index contributed by atoms with van der Waals surface area (Å²) in [7, 11) is 0. The largest absolute Gasteiger partial charge is 0.361 e. The van der Waals surface area contributed by atoms with E-state index in [1.807, 2.05) is 31.2 Å². The maximum Gasteiger partial charge on any atom is 0.338 e. The van der Waals surface area contributed by atoms with Crippen LogP contribution >= 0.6 is 0 Å². The third kappa shape index (κ3) is 2.64. The van der Waals surface area contributed by atoms with Gasteiger partial charge in [0.25, 0.3) is 0 Å². The number of hydrogen-bond acceptors (Lipinski definition) is 1. The van der Waals surface area contributed by atoms with Gasteiger partial charge in [-0.15, -0.1) is 0 Å². The summed E-state index contributed by atoms with van der Waals surface area (Å²) in [6.07, 6.45) is 0.382. The zero-order valence-corrected chi connectivity index (χ0v) is 8.32. The molecule has 3 heteroatoms. The smallest absolute Gasteiger partial charge is 0.338 e. The summed E-state index contributed by atoms with van der Waals surface area (Å²) in [4.78, 5) is 14.0. The molecule has 0 unspecified atom stereocenters. The van der Waals surface area contributed by atoms with E-state index in [-0.39, 0.29) is 11.5 Å². The van der Waals surface area contributed by atoms with E-state index in [1.165, 1.54) is 6.92 Å². The van der Waals surface area contributed by atoms with Gasteiger partial charge < -0.3 is 5.53 Å². The highest BCUT2D eigenvalue weighted by atomic mass is 16.1. The first-order valence-electron chi connectivity index (χ1n) is 4.41. The molecule has 0 heterocycles. The molecule has 0 saturated carbocycles. The molecule has 14 heavy (non-hydrogen) atoms. The molecule has 0 saturated heterocycles. The van der Waals surface area contributed by atoms with Gasteiger partial charge in [0.2, 0.25) is 5.78 Å². The zero-order chi connectivity index (χ0) is 10.6. The Hall–Kier alpha value is -1.73. The van der Waals surface area contributed by atoms with E-state index in [4.69, 9.17) is 5.53 Å². The minimum atomic E-state index is -0.200. The van der Waals surface area contributed by atoms with Gasteiger partial charge >= 0.3 is 5.71 Å². The van der Waals surface area contributed by atoms with Gasteiger partial charge in [-0.2, -0.15) is 4.79 Å². The summed E-state index contributed by atoms with van der Waals surface area (Å²) in [6.45, 7) is 3.37. The monoisotopic (exact) mass is 188 g/mol. The average Bonchev–Trinajstić information content (AvgIpc) is 2.14. The third-order valence-corrected chi connectivity index (χ3v) is 1.98. The van der Waals surface area contributed by atoms with Crippen LogP contribution in [0.2, 0.25) is 0 Å². The molecule has 1 aromatic carbocycles. The second-order valence-electron chi connectivity index (χ2n) is 3.27. The predicted octanol–water partition coefficient (Wildman–Crippen LogP) is 1.80. The van der Waals surface area contributed by atoms with Crippen LogP contribution in [0.5, 0.6) is 0 Å². The molecular formula is C11H12N2O. The first kappa shape index (κ1) is 10.4. The molecule has 0 N–H and O–H groups in total. The lowest BCUT2D eigenvalue weighted by molar-refractivity contribution is -0.115. The van der Waals surface area contributed by atoms with Crippen molar-refractivity contribution in [1.29, 1.82) is 0 Å². The van der Waals surface area contributed by atoms with Crippen LogP contribution < -0.4 is 0 Å². The molecule has 1 aromatic rings. The maximum absolute atomic E-state index is 11.0. The van der Waals surface area contributed by atoms with Crippen molar-refractivity contribution in [2.75, 3.05) is 0 Å². The van der Waals surface area contributed by atoms with Crippen LogP contribution in [0, 0.1) is 6.92 Å². The number of aryl methyl sites for hydroxylation is 1. The summed E-state index contributed by atoms with van der Waals surface area (Å²) in [5, 5.41) is 0. The molecule has 0 aromatic heterocycles. The Morgan fingerprint density at radius 1 is 1.50 bits per heavy atom. The van der Waals surface area contributed by atoms with Gasteiger partial charge in [-0.25, -0.2) is 0 Å². The van der Waals surface area contributed by atoms with Crippen LogP contribution in [0.3, 0.4) is 0 Å². The van der Waals surface area contributed by atoms with E-state index < -0.39 is 0 Å². The molecule has 0 aliphatic rings. The van der Waals surface area contributed by atoms with Crippen LogP contribution in [0.4, 0.5) is 0 Å². The highest BCUT2D eigenvalue weighted by Gasteiger charge is 2.14. The van der Waals surface area contributed by atoms with Crippen LogP contribution in [0.1, 0.15) is 18.1 Å². The fourth-order valence-corrected chi connectivity index (χ4v) is 1.25. The van der Waals surface area contributed by atoms with Crippen molar-refractivity contribution < 1.29 is 9.58 Å². The van der Waals surface area contributed by atoms with Gasteiger partial charge in [-0.05, 0) is 12.5 Å². The Labute approximate surface area is 83.0 Å². The molecular weight excluding hydrogens is 176 g/mol. The Balaban J connectivity index is 2.88. The molecule has 1 rings (SSSR count). The summed E-state index contributed by atoms with van der Waals surface area (Å²) >= 11 is 0. The van der Waals surface area contributed by atoms with Crippen molar-refractivity contribution in [1.82, 2.24) is 0 Å². The van der Waals surface area contributed by atoms with Crippen LogP contribution in [-0.2, 0) is 11.2 Å². The fourth-order valence-electron chi connectivity index (χ4n) is 1.25. The topological polar surface area (TPSA) is 53.5 Å². The first-order valence-corrected chi connectivity index (χ1v) is 4.41. The van der Waals surface area contributed by atoms with Crippen LogP contribution in [0.25, 0.3) is 5.53 Å². The van der Waals surface area contributed by atoms with Crippen LogP contribution in [-0.4, -0.2) is 16.3 Å². The van der Waals surface area contributed by atoms with Gasteiger partial charge in [0.15, 0.2) is 0 Å². The average molecular weight is 188 g/mol. The molecule has 0 spiro atoms. The van der Waals surface area contributed by atoms with Gasteiger partial charge in [0.1, 0.15) is 0 Å². The van der Waals surface area contributed by atoms with E-state index >= 15 is 0 Å². The minimum Gasteiger partial charge on any atom is -0.361 e. The number of carbonyl (C=O) groups is 1. The molecule has 0 aliphatic heterocycles. The molecule has 0 fully saturated rings. The lowest BCUT2D eigenvalue weighted by Crippen LogP contribution is -2.14.